The predicted molar refractivity (Wildman–Crippen MR) is 71.8 cm³/mol. The molecular weight excluding hydrogens is 250 g/mol. The molecule has 94 valence electrons. The Morgan fingerprint density at radius 1 is 1.28 bits per heavy atom. The van der Waals surface area contributed by atoms with Gasteiger partial charge in [0.15, 0.2) is 0 Å². The van der Waals surface area contributed by atoms with E-state index < -0.39 is 0 Å². The molecule has 0 aliphatic heterocycles. The molecular formula is C13H14ClN3O. The summed E-state index contributed by atoms with van der Waals surface area (Å²) in [4.78, 5) is 8.44. The van der Waals surface area contributed by atoms with Crippen molar-refractivity contribution < 1.29 is 4.74 Å². The fraction of sp³-hybridized carbons (Fsp3) is 0.231. The highest BCUT2D eigenvalue weighted by molar-refractivity contribution is 6.31. The van der Waals surface area contributed by atoms with E-state index in [0.29, 0.717) is 18.1 Å². The van der Waals surface area contributed by atoms with Crippen molar-refractivity contribution in [2.24, 2.45) is 0 Å². The van der Waals surface area contributed by atoms with Gasteiger partial charge in [-0.05, 0) is 24.7 Å². The molecule has 18 heavy (non-hydrogen) atoms. The summed E-state index contributed by atoms with van der Waals surface area (Å²) in [6.45, 7) is 0.704. The number of aromatic nitrogens is 2. The summed E-state index contributed by atoms with van der Waals surface area (Å²) < 4.78 is 5.21. The Balaban J connectivity index is 2.47. The molecule has 5 heteroatoms. The van der Waals surface area contributed by atoms with Gasteiger partial charge in [0.05, 0.1) is 7.11 Å². The van der Waals surface area contributed by atoms with Gasteiger partial charge in [-0.3, -0.25) is 0 Å². The van der Waals surface area contributed by atoms with Crippen LogP contribution in [-0.4, -0.2) is 24.1 Å². The van der Waals surface area contributed by atoms with Crippen LogP contribution < -0.4 is 10.1 Å². The van der Waals surface area contributed by atoms with Gasteiger partial charge in [0.2, 0.25) is 5.88 Å². The zero-order valence-electron chi connectivity index (χ0n) is 10.3. The van der Waals surface area contributed by atoms with Gasteiger partial charge in [0.1, 0.15) is 5.69 Å². The summed E-state index contributed by atoms with van der Waals surface area (Å²) >= 11 is 6.13. The molecule has 1 N–H and O–H groups in total. The lowest BCUT2D eigenvalue weighted by Gasteiger charge is -2.09. The maximum atomic E-state index is 6.13. The first-order valence-corrected chi connectivity index (χ1v) is 5.92. The maximum Gasteiger partial charge on any atom is 0.240 e. The molecule has 0 spiro atoms. The minimum absolute atomic E-state index is 0.509. The van der Waals surface area contributed by atoms with Gasteiger partial charge < -0.3 is 10.1 Å². The Morgan fingerprint density at radius 2 is 2.06 bits per heavy atom. The Kier molecular flexibility index (Phi) is 4.12. The molecule has 0 saturated heterocycles. The largest absolute Gasteiger partial charge is 0.479 e. The number of benzene rings is 1. The van der Waals surface area contributed by atoms with Crippen LogP contribution in [0.15, 0.2) is 30.6 Å². The molecule has 0 aliphatic carbocycles. The first-order chi connectivity index (χ1) is 8.76. The zero-order chi connectivity index (χ0) is 13.0. The highest BCUT2D eigenvalue weighted by Crippen LogP contribution is 2.28. The van der Waals surface area contributed by atoms with Gasteiger partial charge in [-0.25, -0.2) is 9.97 Å². The molecule has 2 rings (SSSR count). The minimum atomic E-state index is 0.509. The van der Waals surface area contributed by atoms with E-state index in [9.17, 15) is 0 Å². The van der Waals surface area contributed by atoms with E-state index in [-0.39, 0.29) is 0 Å². The van der Waals surface area contributed by atoms with Crippen molar-refractivity contribution in [2.75, 3.05) is 14.2 Å². The average Bonchev–Trinajstić information content (AvgIpc) is 2.41. The summed E-state index contributed by atoms with van der Waals surface area (Å²) in [6, 6.07) is 5.76. The van der Waals surface area contributed by atoms with Crippen molar-refractivity contribution in [2.45, 2.75) is 6.54 Å². The van der Waals surface area contributed by atoms with Gasteiger partial charge >= 0.3 is 0 Å². The monoisotopic (exact) mass is 263 g/mol. The third kappa shape index (κ3) is 2.60. The molecule has 0 bridgehead atoms. The number of nitrogens with zero attached hydrogens (tertiary/aromatic N) is 2. The fourth-order valence-electron chi connectivity index (χ4n) is 1.72. The van der Waals surface area contributed by atoms with Crippen molar-refractivity contribution in [1.82, 2.24) is 15.3 Å². The van der Waals surface area contributed by atoms with Crippen LogP contribution in [0.2, 0.25) is 5.02 Å². The van der Waals surface area contributed by atoms with E-state index in [0.717, 1.165) is 16.1 Å². The Hall–Kier alpha value is -1.65. The lowest BCUT2D eigenvalue weighted by molar-refractivity contribution is 0.398. The van der Waals surface area contributed by atoms with Crippen molar-refractivity contribution in [1.29, 1.82) is 0 Å². The molecule has 0 amide bonds. The molecule has 4 nitrogen and oxygen atoms in total. The zero-order valence-corrected chi connectivity index (χ0v) is 11.0. The van der Waals surface area contributed by atoms with Crippen LogP contribution in [0.5, 0.6) is 5.88 Å². The predicted octanol–water partition coefficient (Wildman–Crippen LogP) is 2.53. The maximum absolute atomic E-state index is 6.13. The quantitative estimate of drug-likeness (QED) is 0.921. The summed E-state index contributed by atoms with van der Waals surface area (Å²) in [5.74, 6) is 0.509. The van der Waals surface area contributed by atoms with Crippen LogP contribution in [0.4, 0.5) is 0 Å². The Bertz CT molecular complexity index is 546. The topological polar surface area (TPSA) is 47.0 Å². The number of hydrogen-bond acceptors (Lipinski definition) is 4. The lowest BCUT2D eigenvalue weighted by Crippen LogP contribution is -2.05. The SMILES string of the molecule is CNCc1cc(-c2nccnc2OC)ccc1Cl. The molecule has 0 aliphatic rings. The van der Waals surface area contributed by atoms with Crippen LogP contribution in [0.3, 0.4) is 0 Å². The average molecular weight is 264 g/mol. The summed E-state index contributed by atoms with van der Waals surface area (Å²) in [5, 5.41) is 3.81. The number of methoxy groups -OCH3 is 1. The fourth-order valence-corrected chi connectivity index (χ4v) is 1.90. The van der Waals surface area contributed by atoms with Gasteiger partial charge in [-0.15, -0.1) is 0 Å². The van der Waals surface area contributed by atoms with Crippen molar-refractivity contribution >= 4 is 11.6 Å². The number of hydrogen-bond donors (Lipinski definition) is 1. The molecule has 0 unspecified atom stereocenters. The summed E-state index contributed by atoms with van der Waals surface area (Å²) in [5.41, 5.74) is 2.67. The Labute approximate surface area is 111 Å². The van der Waals surface area contributed by atoms with E-state index in [1.807, 2.05) is 25.2 Å². The smallest absolute Gasteiger partial charge is 0.240 e. The van der Waals surface area contributed by atoms with Crippen molar-refractivity contribution in [3.63, 3.8) is 0 Å². The normalized spacial score (nSPS) is 10.4. The van der Waals surface area contributed by atoms with Crippen LogP contribution in [0, 0.1) is 0 Å². The minimum Gasteiger partial charge on any atom is -0.479 e. The van der Waals surface area contributed by atoms with E-state index >= 15 is 0 Å². The highest BCUT2D eigenvalue weighted by atomic mass is 35.5. The lowest BCUT2D eigenvalue weighted by atomic mass is 10.1. The third-order valence-corrected chi connectivity index (χ3v) is 2.91. The van der Waals surface area contributed by atoms with Gasteiger partial charge in [-0.1, -0.05) is 17.7 Å². The standard InChI is InChI=1S/C13H14ClN3O/c1-15-8-10-7-9(3-4-11(10)14)12-13(18-2)17-6-5-16-12/h3-7,15H,8H2,1-2H3. The van der Waals surface area contributed by atoms with Crippen molar-refractivity contribution in [3.05, 3.63) is 41.2 Å². The molecule has 1 aromatic heterocycles. The van der Waals surface area contributed by atoms with Crippen LogP contribution in [-0.2, 0) is 6.54 Å². The van der Waals surface area contributed by atoms with Gasteiger partial charge in [0.25, 0.3) is 0 Å². The van der Waals surface area contributed by atoms with E-state index in [1.165, 1.54) is 0 Å². The van der Waals surface area contributed by atoms with Crippen molar-refractivity contribution in [3.8, 4) is 17.1 Å². The van der Waals surface area contributed by atoms with Gasteiger partial charge in [-0.2, -0.15) is 0 Å². The molecule has 0 saturated carbocycles. The van der Waals surface area contributed by atoms with E-state index in [4.69, 9.17) is 16.3 Å². The molecule has 0 radical (unpaired) electrons. The first kappa shape index (κ1) is 12.8. The summed E-state index contributed by atoms with van der Waals surface area (Å²) in [6.07, 6.45) is 3.25. The molecule has 1 heterocycles. The Morgan fingerprint density at radius 3 is 2.78 bits per heavy atom. The first-order valence-electron chi connectivity index (χ1n) is 5.54. The second-order valence-electron chi connectivity index (χ2n) is 3.75. The van der Waals surface area contributed by atoms with Crippen LogP contribution >= 0.6 is 11.6 Å². The van der Waals surface area contributed by atoms with E-state index in [1.54, 1.807) is 19.5 Å². The second-order valence-corrected chi connectivity index (χ2v) is 4.16. The molecule has 0 fully saturated rings. The molecule has 2 aromatic rings. The third-order valence-electron chi connectivity index (χ3n) is 2.54. The van der Waals surface area contributed by atoms with Crippen LogP contribution in [0.25, 0.3) is 11.3 Å². The molecule has 0 atom stereocenters. The molecule has 1 aromatic carbocycles. The van der Waals surface area contributed by atoms with Crippen LogP contribution in [0.1, 0.15) is 5.56 Å². The van der Waals surface area contributed by atoms with Gasteiger partial charge in [0, 0.05) is 29.5 Å². The highest BCUT2D eigenvalue weighted by Gasteiger charge is 2.10. The number of halogens is 1. The number of ether oxygens (including phenoxy) is 1. The number of nitrogens with one attached hydrogen (secondary N) is 1. The van der Waals surface area contributed by atoms with E-state index in [2.05, 4.69) is 15.3 Å². The summed E-state index contributed by atoms with van der Waals surface area (Å²) in [7, 11) is 3.46. The number of rotatable bonds is 4. The second kappa shape index (κ2) is 5.80.